The molecule has 3 saturated heterocycles. The van der Waals surface area contributed by atoms with Gasteiger partial charge in [0.25, 0.3) is 0 Å². The Bertz CT molecular complexity index is 7230. The fraction of sp³-hybridized carbons (Fsp3) is 0.248. The maximum absolute atomic E-state index is 15.3. The van der Waals surface area contributed by atoms with Crippen molar-refractivity contribution >= 4 is 250 Å². The van der Waals surface area contributed by atoms with Crippen LogP contribution in [0, 0.1) is 0 Å². The van der Waals surface area contributed by atoms with Gasteiger partial charge in [0.2, 0.25) is 0 Å². The van der Waals surface area contributed by atoms with Crippen molar-refractivity contribution in [3.05, 3.63) is 312 Å². The summed E-state index contributed by atoms with van der Waals surface area (Å²) in [5, 5.41) is 50.6. The van der Waals surface area contributed by atoms with Gasteiger partial charge in [-0.1, -0.05) is 98.9 Å². The smallest absolute Gasteiger partial charge is 0.486 e. The summed E-state index contributed by atoms with van der Waals surface area (Å²) in [4.78, 5) is 32.2. The van der Waals surface area contributed by atoms with Gasteiger partial charge in [-0.2, -0.15) is 24.8 Å². The first-order valence-corrected chi connectivity index (χ1v) is 50.6. The monoisotopic (exact) mass is 2300 g/mol. The second kappa shape index (κ2) is 50.4. The van der Waals surface area contributed by atoms with Gasteiger partial charge < -0.3 is 53.8 Å². The summed E-state index contributed by atoms with van der Waals surface area (Å²) in [6.45, 7) is 9.45. The fourth-order valence-corrected chi connectivity index (χ4v) is 19.4. The van der Waals surface area contributed by atoms with E-state index in [1.165, 1.54) is 98.7 Å². The number of ether oxygens (including phenoxy) is 7. The van der Waals surface area contributed by atoms with Crippen molar-refractivity contribution in [1.82, 2.24) is 79.4 Å². The standard InChI is InChI=1S/C27H26Cl2FN5O2.C26H22BrCl2FN4O2.C22H18Cl2FN5O.C21H19BrCl2FN3O2.C5H5BBrNO2/c1-16(27-20(28)14-32-15-21(27)29)37-18-7-8-24-19(11-18)23(34-35(24)26-5-3-4-10-36-26)12-22(30)17-6-9-25(31-2)33-13-17;1-15(26-19(28)13-31-14-20(26)29)36-17-6-7-23-18(10-17)22(33-34(23)25-4-2-3-9-35-25)11-21(30)16-5-8-24(27)32-12-16;1-12(22-16(23)10-27-11-17(22)24)31-14-4-5-19-15(7-14)20(30-29-19)8-18(25)13-3-6-21(26-2)28-9-13;1-12(21-15(23)10-26-11-16(21)24)30-13-5-6-18-14(8-13)17(9-19(22)25)27-28(18)20-4-2-3-7-29-20;7-5-2-1-4(3-8-5)6(9)10/h6-9,11-16,26H,3-5,10H2,1-2H3,(H,31,33);5-8,10-15,25H,2-4,9H2,1H3;3-12H,1-2H3,(H,26,28)(H,29,30);5-6,8-12,20H,2-4,7H2,1H3;1-3,9-10H/b22-12-;21-11-;18-8-;;/t16-,26?;15-,25?;12-;12-,20?;/m1111./s1. The molecule has 15 heterocycles. The summed E-state index contributed by atoms with van der Waals surface area (Å²) < 4.78 is 108. The number of anilines is 2. The van der Waals surface area contributed by atoms with E-state index in [4.69, 9.17) is 146 Å². The van der Waals surface area contributed by atoms with Crippen molar-refractivity contribution in [3.63, 3.8) is 0 Å². The van der Waals surface area contributed by atoms with Gasteiger partial charge in [-0.05, 0) is 249 Å². The van der Waals surface area contributed by atoms with E-state index in [0.717, 1.165) is 90.5 Å². The molecule has 3 fully saturated rings. The first-order valence-electron chi connectivity index (χ1n) is 45.2. The van der Waals surface area contributed by atoms with Crippen molar-refractivity contribution in [2.45, 2.75) is 129 Å². The quantitative estimate of drug-likeness (QED) is 0.0202. The lowest BCUT2D eigenvalue weighted by atomic mass is 9.82. The van der Waals surface area contributed by atoms with Crippen molar-refractivity contribution in [2.75, 3.05) is 44.5 Å². The Morgan fingerprint density at radius 3 is 1.03 bits per heavy atom. The van der Waals surface area contributed by atoms with Crippen LogP contribution in [0.2, 0.25) is 40.2 Å². The normalized spacial score (nSPS) is 16.0. The zero-order valence-corrected chi connectivity index (χ0v) is 88.3. The molecule has 19 rings (SSSR count). The summed E-state index contributed by atoms with van der Waals surface area (Å²) in [6.07, 6.45) is 30.1. The minimum absolute atomic E-state index is 0.165. The Balaban J connectivity index is 0.000000140. The van der Waals surface area contributed by atoms with Crippen LogP contribution in [0.25, 0.3) is 85.4 Å². The van der Waals surface area contributed by atoms with Crippen molar-refractivity contribution < 1.29 is 60.8 Å². The topological polar surface area (TPSA) is 314 Å². The Morgan fingerprint density at radius 1 is 0.410 bits per heavy atom. The summed E-state index contributed by atoms with van der Waals surface area (Å²) in [6, 6.07) is 35.5. The van der Waals surface area contributed by atoms with E-state index >= 15 is 8.78 Å². The van der Waals surface area contributed by atoms with E-state index in [0.29, 0.717) is 182 Å². The SMILES string of the molecule is CNc1ccc(/C(F)=C/c2[nH]nc3ccc(O[C@H](C)c4c(Cl)cncc4Cl)cc23)cn1.CNc1ccc(/C(F)=C/c2nn(C3CCCCO3)c3ccc(O[C@H](C)c4c(Cl)cncc4Cl)cc23)cn1.C[C@@H](Oc1ccc2c(c1)c(/C=C(\F)c1ccc(Br)nc1)nn2C1CCCCO1)c1c(Cl)cncc1Cl.C[C@@H](Oc1ccc2c(c1)c(C=C(F)Br)nn2C1CCCCO1)c1c(Cl)cncc1Cl.OB(O)c1ccc(Br)nc1. The molecule has 5 N–H and O–H groups in total. The summed E-state index contributed by atoms with van der Waals surface area (Å²) in [7, 11) is 2.08. The number of hydrogen-bond donors (Lipinski definition) is 5. The van der Waals surface area contributed by atoms with Gasteiger partial charge >= 0.3 is 7.12 Å². The number of aromatic amines is 1. The van der Waals surface area contributed by atoms with Gasteiger partial charge in [0, 0.05) is 199 Å². The molecule has 3 unspecified atom stereocenters. The third kappa shape index (κ3) is 27.1. The Kier molecular flexibility index (Phi) is 37.6. The number of nitrogens with one attached hydrogen (secondary N) is 3. The summed E-state index contributed by atoms with van der Waals surface area (Å²) in [5.41, 5.74) is 9.21. The predicted molar refractivity (Wildman–Crippen MR) is 571 cm³/mol. The van der Waals surface area contributed by atoms with E-state index in [1.54, 1.807) is 80.8 Å². The van der Waals surface area contributed by atoms with Crippen LogP contribution in [-0.2, 0) is 14.2 Å². The van der Waals surface area contributed by atoms with Crippen LogP contribution in [-0.4, -0.2) is 130 Å². The van der Waals surface area contributed by atoms with Crippen LogP contribution in [0.15, 0.2) is 210 Å². The first-order chi connectivity index (χ1) is 69.4. The molecule has 16 aromatic rings. The number of H-pyrrole nitrogens is 1. The highest BCUT2D eigenvalue weighted by Gasteiger charge is 2.29. The van der Waals surface area contributed by atoms with Gasteiger partial charge in [-0.25, -0.2) is 47.2 Å². The van der Waals surface area contributed by atoms with Gasteiger partial charge in [0.1, 0.15) is 85.7 Å². The average Bonchev–Trinajstić information content (AvgIpc) is 1.62. The first kappa shape index (κ1) is 107. The molecule has 4 aromatic carbocycles. The highest BCUT2D eigenvalue weighted by molar-refractivity contribution is 9.11. The van der Waals surface area contributed by atoms with Crippen molar-refractivity contribution in [3.8, 4) is 23.0 Å². The second-order valence-corrected chi connectivity index (χ2v) is 38.5. The van der Waals surface area contributed by atoms with Crippen LogP contribution in [0.3, 0.4) is 0 Å². The Hall–Kier alpha value is -10.9. The number of nitrogens with zero attached hydrogens (tertiary/aromatic N) is 15. The minimum Gasteiger partial charge on any atom is -0.486 e. The molecular formula is C101H90BBr3Cl8F4N18O9. The molecule has 27 nitrogen and oxygen atoms in total. The molecule has 3 aliphatic heterocycles. The maximum Gasteiger partial charge on any atom is 0.490 e. The molecule has 0 bridgehead atoms. The average molecular weight is 2310 g/mol. The van der Waals surface area contributed by atoms with Crippen LogP contribution in [0.1, 0.15) is 190 Å². The number of aromatic nitrogens is 16. The van der Waals surface area contributed by atoms with Crippen molar-refractivity contribution in [2.24, 2.45) is 0 Å². The number of rotatable bonds is 25. The molecule has 0 radical (unpaired) electrons. The molecule has 0 spiro atoms. The van der Waals surface area contributed by atoms with E-state index in [-0.39, 0.29) is 18.7 Å². The van der Waals surface area contributed by atoms with Gasteiger partial charge in [0.15, 0.2) is 23.4 Å². The molecule has 12 aromatic heterocycles. The molecule has 7 atom stereocenters. The highest BCUT2D eigenvalue weighted by Crippen LogP contribution is 2.43. The number of hydrogen-bond acceptors (Lipinski definition) is 23. The minimum atomic E-state index is -1.43. The van der Waals surface area contributed by atoms with E-state index < -0.39 is 53.8 Å². The molecule has 43 heteroatoms. The molecular weight excluding hydrogens is 2220 g/mol. The zero-order chi connectivity index (χ0) is 102. The number of pyridine rings is 8. The molecule has 0 amide bonds. The summed E-state index contributed by atoms with van der Waals surface area (Å²) in [5.74, 6) is 2.30. The Labute approximate surface area is 890 Å². The molecule has 3 aliphatic rings. The fourth-order valence-electron chi connectivity index (χ4n) is 16.0. The van der Waals surface area contributed by atoms with Crippen LogP contribution in [0.4, 0.5) is 29.2 Å². The lowest BCUT2D eigenvalue weighted by Gasteiger charge is -2.23. The van der Waals surface area contributed by atoms with E-state index in [2.05, 4.69) is 114 Å². The largest absolute Gasteiger partial charge is 0.490 e. The van der Waals surface area contributed by atoms with Crippen LogP contribution < -0.4 is 35.0 Å². The molecule has 746 valence electrons. The van der Waals surface area contributed by atoms with Gasteiger partial charge in [0.05, 0.1) is 85.0 Å². The molecule has 0 saturated carbocycles. The molecule has 144 heavy (non-hydrogen) atoms. The third-order valence-corrected chi connectivity index (χ3v) is 26.7. The van der Waals surface area contributed by atoms with Crippen molar-refractivity contribution in [1.29, 1.82) is 0 Å². The lowest BCUT2D eigenvalue weighted by molar-refractivity contribution is -0.0368. The molecule has 0 aliphatic carbocycles. The maximum atomic E-state index is 15.3. The van der Waals surface area contributed by atoms with E-state index in [1.807, 2.05) is 96.3 Å². The summed E-state index contributed by atoms with van der Waals surface area (Å²) >= 11 is 59.5. The highest BCUT2D eigenvalue weighted by atomic mass is 79.9. The lowest BCUT2D eigenvalue weighted by Crippen LogP contribution is -2.29. The van der Waals surface area contributed by atoms with Crippen LogP contribution >= 0.6 is 141 Å². The number of halogens is 15. The number of fused-ring (bicyclic) bond motifs is 4. The second-order valence-electron chi connectivity index (χ2n) is 32.8. The Morgan fingerprint density at radius 2 is 0.729 bits per heavy atom. The third-order valence-electron chi connectivity index (χ3n) is 23.1. The predicted octanol–water partition coefficient (Wildman–Crippen LogP) is 28.8. The zero-order valence-electron chi connectivity index (χ0n) is 77.5. The van der Waals surface area contributed by atoms with Gasteiger partial charge in [-0.3, -0.25) is 25.0 Å². The van der Waals surface area contributed by atoms with Gasteiger partial charge in [-0.15, -0.1) is 0 Å². The van der Waals surface area contributed by atoms with E-state index in [9.17, 15) is 8.78 Å². The number of benzene rings is 4. The van der Waals surface area contributed by atoms with Crippen LogP contribution in [0.5, 0.6) is 23.0 Å².